The van der Waals surface area contributed by atoms with E-state index in [1.807, 2.05) is 12.1 Å². The summed E-state index contributed by atoms with van der Waals surface area (Å²) in [5, 5.41) is 3.31. The Morgan fingerprint density at radius 3 is 3.00 bits per heavy atom. The van der Waals surface area contributed by atoms with Crippen LogP contribution in [-0.4, -0.2) is 24.7 Å². The summed E-state index contributed by atoms with van der Waals surface area (Å²) in [4.78, 5) is 4.15. The number of nitrogens with one attached hydrogen (secondary N) is 1. The van der Waals surface area contributed by atoms with Gasteiger partial charge in [0, 0.05) is 29.2 Å². The second-order valence-corrected chi connectivity index (χ2v) is 4.40. The molecule has 0 spiro atoms. The first-order valence-electron chi connectivity index (χ1n) is 4.79. The predicted octanol–water partition coefficient (Wildman–Crippen LogP) is 2.25. The summed E-state index contributed by atoms with van der Waals surface area (Å²) in [6, 6.07) is 3.82. The number of ether oxygens (including phenoxy) is 1. The fourth-order valence-corrected chi connectivity index (χ4v) is 1.74. The molecule has 5 heteroatoms. The minimum Gasteiger partial charge on any atom is -0.477 e. The van der Waals surface area contributed by atoms with Crippen molar-refractivity contribution < 1.29 is 4.74 Å². The molecule has 1 N–H and O–H groups in total. The highest BCUT2D eigenvalue weighted by atomic mass is 79.9. The lowest BCUT2D eigenvalue weighted by molar-refractivity contribution is 0.251. The Morgan fingerprint density at radius 2 is 2.40 bits per heavy atom. The Balaban J connectivity index is 0.00000112. The highest BCUT2D eigenvalue weighted by Gasteiger charge is 2.14. The fraction of sp³-hybridized carbons (Fsp3) is 0.500. The molecule has 0 radical (unpaired) electrons. The molecule has 3 nitrogen and oxygen atoms in total. The van der Waals surface area contributed by atoms with Gasteiger partial charge in [-0.3, -0.25) is 0 Å². The zero-order valence-electron chi connectivity index (χ0n) is 8.28. The number of rotatable bonds is 3. The van der Waals surface area contributed by atoms with Crippen molar-refractivity contribution in [2.24, 2.45) is 5.92 Å². The van der Waals surface area contributed by atoms with Crippen LogP contribution in [0.1, 0.15) is 6.42 Å². The molecule has 0 aromatic carbocycles. The van der Waals surface area contributed by atoms with Gasteiger partial charge in [0.25, 0.3) is 0 Å². The molecule has 0 saturated carbocycles. The second-order valence-electron chi connectivity index (χ2n) is 3.48. The van der Waals surface area contributed by atoms with Crippen LogP contribution in [0, 0.1) is 5.92 Å². The molecule has 1 unspecified atom stereocenters. The molecular weight excluding hydrogens is 279 g/mol. The lowest BCUT2D eigenvalue weighted by Crippen LogP contribution is -2.15. The minimum atomic E-state index is 0. The zero-order chi connectivity index (χ0) is 9.80. The van der Waals surface area contributed by atoms with Gasteiger partial charge in [0.2, 0.25) is 5.88 Å². The van der Waals surface area contributed by atoms with Crippen LogP contribution >= 0.6 is 28.3 Å². The van der Waals surface area contributed by atoms with Gasteiger partial charge in [-0.15, -0.1) is 12.4 Å². The van der Waals surface area contributed by atoms with Gasteiger partial charge in [0.05, 0.1) is 6.61 Å². The first-order chi connectivity index (χ1) is 6.84. The molecule has 1 aliphatic rings. The quantitative estimate of drug-likeness (QED) is 0.928. The van der Waals surface area contributed by atoms with E-state index < -0.39 is 0 Å². The van der Waals surface area contributed by atoms with Crippen LogP contribution in [0.4, 0.5) is 0 Å². The van der Waals surface area contributed by atoms with Gasteiger partial charge in [0.15, 0.2) is 0 Å². The van der Waals surface area contributed by atoms with Crippen LogP contribution in [0.25, 0.3) is 0 Å². The van der Waals surface area contributed by atoms with Crippen molar-refractivity contribution in [1.82, 2.24) is 10.3 Å². The van der Waals surface area contributed by atoms with E-state index in [0.29, 0.717) is 11.8 Å². The second kappa shape index (κ2) is 6.30. The normalized spacial score (nSPS) is 19.7. The van der Waals surface area contributed by atoms with E-state index in [1.165, 1.54) is 6.42 Å². The Labute approximate surface area is 104 Å². The standard InChI is InChI=1S/C10H13BrN2O.ClH/c11-9-1-2-10(13-6-9)14-7-8-3-4-12-5-8;/h1-2,6,8,12H,3-5,7H2;1H. The molecule has 15 heavy (non-hydrogen) atoms. The van der Waals surface area contributed by atoms with Crippen LogP contribution in [0.15, 0.2) is 22.8 Å². The van der Waals surface area contributed by atoms with Gasteiger partial charge in [-0.25, -0.2) is 4.98 Å². The molecule has 1 saturated heterocycles. The molecule has 0 bridgehead atoms. The summed E-state index contributed by atoms with van der Waals surface area (Å²) in [6.45, 7) is 2.94. The number of pyridine rings is 1. The highest BCUT2D eigenvalue weighted by Crippen LogP contribution is 2.14. The lowest BCUT2D eigenvalue weighted by atomic mass is 10.1. The third kappa shape index (κ3) is 3.97. The predicted molar refractivity (Wildman–Crippen MR) is 65.7 cm³/mol. The van der Waals surface area contributed by atoms with Crippen molar-refractivity contribution in [2.75, 3.05) is 19.7 Å². The third-order valence-electron chi connectivity index (χ3n) is 2.33. The summed E-state index contributed by atoms with van der Waals surface area (Å²) in [5.41, 5.74) is 0. The molecule has 1 fully saturated rings. The number of hydrogen-bond donors (Lipinski definition) is 1. The molecule has 84 valence electrons. The first-order valence-corrected chi connectivity index (χ1v) is 5.59. The molecule has 1 aliphatic heterocycles. The monoisotopic (exact) mass is 292 g/mol. The number of nitrogens with zero attached hydrogens (tertiary/aromatic N) is 1. The van der Waals surface area contributed by atoms with Gasteiger partial charge >= 0.3 is 0 Å². The smallest absolute Gasteiger partial charge is 0.213 e. The van der Waals surface area contributed by atoms with Crippen LogP contribution in [0.3, 0.4) is 0 Å². The molecular formula is C10H14BrClN2O. The van der Waals surface area contributed by atoms with E-state index in [2.05, 4.69) is 26.2 Å². The SMILES string of the molecule is Brc1ccc(OCC2CCNC2)nc1.Cl. The van der Waals surface area contributed by atoms with Crippen molar-refractivity contribution in [2.45, 2.75) is 6.42 Å². The van der Waals surface area contributed by atoms with Gasteiger partial charge in [-0.1, -0.05) is 0 Å². The van der Waals surface area contributed by atoms with E-state index in [9.17, 15) is 0 Å². The molecule has 0 amide bonds. The topological polar surface area (TPSA) is 34.1 Å². The van der Waals surface area contributed by atoms with Gasteiger partial charge in [-0.05, 0) is 35.0 Å². The maximum atomic E-state index is 5.57. The average molecular weight is 294 g/mol. The Hall–Kier alpha value is -0.320. The summed E-state index contributed by atoms with van der Waals surface area (Å²) >= 11 is 3.33. The van der Waals surface area contributed by atoms with Gasteiger partial charge in [0.1, 0.15) is 0 Å². The van der Waals surface area contributed by atoms with Crippen molar-refractivity contribution in [3.8, 4) is 5.88 Å². The third-order valence-corrected chi connectivity index (χ3v) is 2.80. The van der Waals surface area contributed by atoms with Crippen molar-refractivity contribution in [3.05, 3.63) is 22.8 Å². The Morgan fingerprint density at radius 1 is 1.53 bits per heavy atom. The van der Waals surface area contributed by atoms with Gasteiger partial charge in [-0.2, -0.15) is 0 Å². The first kappa shape index (κ1) is 12.7. The molecule has 2 heterocycles. The van der Waals surface area contributed by atoms with Crippen LogP contribution in [0.2, 0.25) is 0 Å². The van der Waals surface area contributed by atoms with E-state index >= 15 is 0 Å². The van der Waals surface area contributed by atoms with Gasteiger partial charge < -0.3 is 10.1 Å². The van der Waals surface area contributed by atoms with Crippen molar-refractivity contribution >= 4 is 28.3 Å². The molecule has 1 atom stereocenters. The van der Waals surface area contributed by atoms with Crippen LogP contribution in [0.5, 0.6) is 5.88 Å². The highest BCUT2D eigenvalue weighted by molar-refractivity contribution is 9.10. The maximum absolute atomic E-state index is 5.57. The largest absolute Gasteiger partial charge is 0.477 e. The Kier molecular flexibility index (Phi) is 5.36. The lowest BCUT2D eigenvalue weighted by Gasteiger charge is -2.09. The van der Waals surface area contributed by atoms with Crippen molar-refractivity contribution in [3.63, 3.8) is 0 Å². The number of halogens is 2. The van der Waals surface area contributed by atoms with E-state index in [4.69, 9.17) is 4.74 Å². The summed E-state index contributed by atoms with van der Waals surface area (Å²) in [5.74, 6) is 1.35. The summed E-state index contributed by atoms with van der Waals surface area (Å²) in [7, 11) is 0. The number of hydrogen-bond acceptors (Lipinski definition) is 3. The molecule has 1 aromatic rings. The maximum Gasteiger partial charge on any atom is 0.213 e. The van der Waals surface area contributed by atoms with Crippen LogP contribution in [-0.2, 0) is 0 Å². The summed E-state index contributed by atoms with van der Waals surface area (Å²) < 4.78 is 6.55. The zero-order valence-corrected chi connectivity index (χ0v) is 10.7. The van der Waals surface area contributed by atoms with Crippen molar-refractivity contribution in [1.29, 1.82) is 0 Å². The average Bonchev–Trinajstić information content (AvgIpc) is 2.70. The van der Waals surface area contributed by atoms with E-state index in [0.717, 1.165) is 24.2 Å². The summed E-state index contributed by atoms with van der Waals surface area (Å²) in [6.07, 6.45) is 2.96. The fourth-order valence-electron chi connectivity index (χ4n) is 1.51. The number of aromatic nitrogens is 1. The molecule has 1 aromatic heterocycles. The Bertz CT molecular complexity index is 288. The van der Waals surface area contributed by atoms with E-state index in [-0.39, 0.29) is 12.4 Å². The molecule has 2 rings (SSSR count). The molecule has 0 aliphatic carbocycles. The van der Waals surface area contributed by atoms with E-state index in [1.54, 1.807) is 6.20 Å². The van der Waals surface area contributed by atoms with Crippen LogP contribution < -0.4 is 10.1 Å². The minimum absolute atomic E-state index is 0.